The number of anilines is 1. The van der Waals surface area contributed by atoms with Gasteiger partial charge >= 0.3 is 0 Å². The number of hydrogen-bond acceptors (Lipinski definition) is 4. The van der Waals surface area contributed by atoms with Crippen molar-refractivity contribution in [3.8, 4) is 0 Å². The average molecular weight is 280 g/mol. The minimum Gasteiger partial charge on any atom is -0.399 e. The Kier molecular flexibility index (Phi) is 4.61. The Hall–Kier alpha value is -0.990. The lowest BCUT2D eigenvalue weighted by atomic mass is 10.3. The highest BCUT2D eigenvalue weighted by Crippen LogP contribution is 2.16. The number of rotatable bonds is 5. The third-order valence-electron chi connectivity index (χ3n) is 1.93. The van der Waals surface area contributed by atoms with Gasteiger partial charge in [0.25, 0.3) is 0 Å². The molecule has 0 saturated heterocycles. The summed E-state index contributed by atoms with van der Waals surface area (Å²) in [7, 11) is -5.02. The molecular formula is C9H13FN2O3S2. The molecule has 0 spiro atoms. The zero-order valence-electron chi connectivity index (χ0n) is 9.14. The van der Waals surface area contributed by atoms with E-state index in [0.29, 0.717) is 0 Å². The summed E-state index contributed by atoms with van der Waals surface area (Å²) in [5, 5.41) is 0. The standard InChI is InChI=1S/C9H13FN2O3S2/c1-16(13)5-4-12-17(14,15)9-3-2-7(11)6-8(9)10/h2-3,6,12H,4-5,11H2,1H3. The third kappa shape index (κ3) is 4.06. The minimum absolute atomic E-state index is 0.00470. The molecule has 0 heterocycles. The zero-order chi connectivity index (χ0) is 13.1. The van der Waals surface area contributed by atoms with Gasteiger partial charge in [-0.2, -0.15) is 0 Å². The van der Waals surface area contributed by atoms with E-state index in [1.165, 1.54) is 12.3 Å². The Morgan fingerprint density at radius 3 is 2.65 bits per heavy atom. The van der Waals surface area contributed by atoms with E-state index in [1.807, 2.05) is 0 Å². The molecule has 17 heavy (non-hydrogen) atoms. The maximum Gasteiger partial charge on any atom is 0.243 e. The number of benzene rings is 1. The first-order valence-electron chi connectivity index (χ1n) is 4.67. The number of hydrogen-bond donors (Lipinski definition) is 2. The van der Waals surface area contributed by atoms with Crippen LogP contribution in [-0.4, -0.2) is 31.2 Å². The van der Waals surface area contributed by atoms with E-state index in [9.17, 15) is 17.0 Å². The quantitative estimate of drug-likeness (QED) is 0.747. The van der Waals surface area contributed by atoms with Crippen LogP contribution in [0.4, 0.5) is 10.1 Å². The summed E-state index contributed by atoms with van der Waals surface area (Å²) in [5.41, 5.74) is 5.46. The van der Waals surface area contributed by atoms with Crippen LogP contribution in [0, 0.1) is 5.82 Å². The summed E-state index contributed by atoms with van der Waals surface area (Å²) in [6.07, 6.45) is 1.46. The SMILES string of the molecule is CS(=O)CCNS(=O)(=O)c1ccc(N)cc1F. The molecule has 1 rings (SSSR count). The van der Waals surface area contributed by atoms with Crippen LogP contribution in [0.25, 0.3) is 0 Å². The molecule has 1 atom stereocenters. The van der Waals surface area contributed by atoms with E-state index in [-0.39, 0.29) is 18.0 Å². The molecule has 0 fully saturated rings. The summed E-state index contributed by atoms with van der Waals surface area (Å²) in [6.45, 7) is -0.00470. The third-order valence-corrected chi connectivity index (χ3v) is 4.20. The molecule has 0 amide bonds. The van der Waals surface area contributed by atoms with Gasteiger partial charge in [-0.3, -0.25) is 4.21 Å². The second-order valence-corrected chi connectivity index (χ2v) is 6.65. The van der Waals surface area contributed by atoms with Crippen LogP contribution in [0.15, 0.2) is 23.1 Å². The van der Waals surface area contributed by atoms with Gasteiger partial charge in [-0.05, 0) is 18.2 Å². The molecule has 5 nitrogen and oxygen atoms in total. The summed E-state index contributed by atoms with van der Waals surface area (Å²) in [4.78, 5) is -0.464. The summed E-state index contributed by atoms with van der Waals surface area (Å²) >= 11 is 0. The van der Waals surface area contributed by atoms with Crippen LogP contribution >= 0.6 is 0 Å². The zero-order valence-corrected chi connectivity index (χ0v) is 10.8. The number of nitrogens with one attached hydrogen (secondary N) is 1. The maximum absolute atomic E-state index is 13.4. The van der Waals surface area contributed by atoms with Crippen molar-refractivity contribution in [3.05, 3.63) is 24.0 Å². The average Bonchev–Trinajstić information content (AvgIpc) is 2.15. The number of halogens is 1. The van der Waals surface area contributed by atoms with Gasteiger partial charge in [-0.1, -0.05) is 0 Å². The lowest BCUT2D eigenvalue weighted by Gasteiger charge is -2.07. The van der Waals surface area contributed by atoms with Crippen LogP contribution in [0.5, 0.6) is 0 Å². The first-order valence-corrected chi connectivity index (χ1v) is 7.88. The predicted molar refractivity (Wildman–Crippen MR) is 64.9 cm³/mol. The van der Waals surface area contributed by atoms with Crippen molar-refractivity contribution in [3.63, 3.8) is 0 Å². The van der Waals surface area contributed by atoms with Crippen molar-refractivity contribution in [2.45, 2.75) is 4.90 Å². The number of sulfonamides is 1. The minimum atomic E-state index is -3.92. The van der Waals surface area contributed by atoms with E-state index >= 15 is 0 Å². The topological polar surface area (TPSA) is 89.3 Å². The molecule has 0 aromatic heterocycles. The van der Waals surface area contributed by atoms with Gasteiger partial charge in [0.1, 0.15) is 10.7 Å². The van der Waals surface area contributed by atoms with Crippen LogP contribution < -0.4 is 10.5 Å². The fraction of sp³-hybridized carbons (Fsp3) is 0.333. The van der Waals surface area contributed by atoms with Gasteiger partial charge in [0.2, 0.25) is 10.0 Å². The van der Waals surface area contributed by atoms with E-state index in [4.69, 9.17) is 5.73 Å². The van der Waals surface area contributed by atoms with Crippen molar-refractivity contribution in [2.24, 2.45) is 0 Å². The molecular weight excluding hydrogens is 267 g/mol. The van der Waals surface area contributed by atoms with Gasteiger partial charge in [0.05, 0.1) is 0 Å². The van der Waals surface area contributed by atoms with E-state index in [0.717, 1.165) is 12.1 Å². The van der Waals surface area contributed by atoms with Gasteiger partial charge in [-0.25, -0.2) is 17.5 Å². The Morgan fingerprint density at radius 2 is 2.12 bits per heavy atom. The number of nitrogen functional groups attached to an aromatic ring is 1. The lowest BCUT2D eigenvalue weighted by Crippen LogP contribution is -2.28. The van der Waals surface area contributed by atoms with Gasteiger partial charge in [0.15, 0.2) is 0 Å². The highest BCUT2D eigenvalue weighted by Gasteiger charge is 2.18. The van der Waals surface area contributed by atoms with Crippen LogP contribution in [0.1, 0.15) is 0 Å². The fourth-order valence-corrected chi connectivity index (χ4v) is 2.74. The highest BCUT2D eigenvalue weighted by atomic mass is 32.2. The molecule has 96 valence electrons. The van der Waals surface area contributed by atoms with Gasteiger partial charge in [-0.15, -0.1) is 0 Å². The van der Waals surface area contributed by atoms with Crippen molar-refractivity contribution < 1.29 is 17.0 Å². The Labute approximate surface area is 102 Å². The van der Waals surface area contributed by atoms with Crippen LogP contribution in [0.2, 0.25) is 0 Å². The summed E-state index contributed by atoms with van der Waals surface area (Å²) in [5.74, 6) is -0.731. The first-order chi connectivity index (χ1) is 7.83. The molecule has 0 aliphatic rings. The van der Waals surface area contributed by atoms with E-state index < -0.39 is 31.5 Å². The Morgan fingerprint density at radius 1 is 1.47 bits per heavy atom. The van der Waals surface area contributed by atoms with E-state index in [1.54, 1.807) is 0 Å². The second kappa shape index (κ2) is 5.56. The van der Waals surface area contributed by atoms with Crippen molar-refractivity contribution >= 4 is 26.5 Å². The molecule has 1 unspecified atom stereocenters. The summed E-state index contributed by atoms with van der Waals surface area (Å²) in [6, 6.07) is 3.33. The molecule has 0 bridgehead atoms. The molecule has 8 heteroatoms. The monoisotopic (exact) mass is 280 g/mol. The molecule has 0 radical (unpaired) electrons. The van der Waals surface area contributed by atoms with Gasteiger partial charge < -0.3 is 5.73 Å². The largest absolute Gasteiger partial charge is 0.399 e. The second-order valence-electron chi connectivity index (χ2n) is 3.36. The molecule has 1 aromatic rings. The smallest absolute Gasteiger partial charge is 0.243 e. The fourth-order valence-electron chi connectivity index (χ4n) is 1.13. The summed E-state index contributed by atoms with van der Waals surface area (Å²) < 4.78 is 49.6. The maximum atomic E-state index is 13.4. The lowest BCUT2D eigenvalue weighted by molar-refractivity contribution is 0.559. The van der Waals surface area contributed by atoms with Crippen molar-refractivity contribution in [2.75, 3.05) is 24.3 Å². The normalized spacial score (nSPS) is 13.5. The Bertz CT molecular complexity index is 531. The molecule has 0 aliphatic carbocycles. The van der Waals surface area contributed by atoms with Gasteiger partial charge in [0, 0.05) is 35.0 Å². The molecule has 3 N–H and O–H groups in total. The number of nitrogens with two attached hydrogens (primary N) is 1. The first kappa shape index (κ1) is 14.1. The molecule has 1 aromatic carbocycles. The Balaban J connectivity index is 2.86. The molecule has 0 saturated carbocycles. The van der Waals surface area contributed by atoms with Crippen LogP contribution in [-0.2, 0) is 20.8 Å². The predicted octanol–water partition coefficient (Wildman–Crippen LogP) is 0.0647. The van der Waals surface area contributed by atoms with E-state index in [2.05, 4.69) is 4.72 Å². The molecule has 0 aliphatic heterocycles. The van der Waals surface area contributed by atoms with Crippen molar-refractivity contribution in [1.82, 2.24) is 4.72 Å². The highest BCUT2D eigenvalue weighted by molar-refractivity contribution is 7.89. The van der Waals surface area contributed by atoms with Crippen LogP contribution in [0.3, 0.4) is 0 Å². The van der Waals surface area contributed by atoms with Crippen molar-refractivity contribution in [1.29, 1.82) is 0 Å².